The van der Waals surface area contributed by atoms with Gasteiger partial charge >= 0.3 is 60.1 Å². The molecule has 0 unspecified atom stereocenters. The van der Waals surface area contributed by atoms with Crippen molar-refractivity contribution in [1.82, 2.24) is 0 Å². The summed E-state index contributed by atoms with van der Waals surface area (Å²) in [5.74, 6) is 3.70. The maximum atomic E-state index is 12.4. The third kappa shape index (κ3) is 54.5. The normalized spacial score (nSPS) is 12.4. The van der Waals surface area contributed by atoms with Crippen LogP contribution in [0.4, 0.5) is 75.2 Å². The largest absolute Gasteiger partial charge is 1.00 e. The average Bonchev–Trinajstić information content (AvgIpc) is 1.78. The zero-order valence-corrected chi connectivity index (χ0v) is 99.0. The molecule has 8 aromatic carbocycles. The molecule has 8 aromatic rings. The second-order valence-corrected chi connectivity index (χ2v) is 45.3. The smallest absolute Gasteiger partial charge is 1.00 e. The number of nitrogen functional groups attached to an aromatic ring is 1. The van der Waals surface area contributed by atoms with Crippen LogP contribution in [0.5, 0.6) is 34.5 Å². The van der Waals surface area contributed by atoms with Crippen LogP contribution in [0.1, 0.15) is 247 Å². The van der Waals surface area contributed by atoms with E-state index in [9.17, 15) is 38.7 Å². The van der Waals surface area contributed by atoms with Crippen molar-refractivity contribution >= 4 is 164 Å². The van der Waals surface area contributed by atoms with E-state index >= 15 is 0 Å². The molecule has 0 fully saturated rings. The number of nitrogens with two attached hydrogens (primary N) is 1. The number of carbonyl (C=O) groups is 7. The number of amides is 5. The molecular formula is C110H159Br3IN8NaO19. The summed E-state index contributed by atoms with van der Waals surface area (Å²) in [7, 11) is 0. The Hall–Kier alpha value is -9.38. The third-order valence-electron chi connectivity index (χ3n) is 18.8. The van der Waals surface area contributed by atoms with Gasteiger partial charge < -0.3 is 85.6 Å². The first-order chi connectivity index (χ1) is 65.2. The number of hydrogen-bond acceptors (Lipinski definition) is 22. The molecule has 0 aliphatic carbocycles. The summed E-state index contributed by atoms with van der Waals surface area (Å²) in [5, 5.41) is 36.3. The summed E-state index contributed by atoms with van der Waals surface area (Å²) in [6.07, 6.45) is 2.52. The van der Waals surface area contributed by atoms with Crippen molar-refractivity contribution in [2.75, 3.05) is 104 Å². The molecule has 0 radical (unpaired) electrons. The Morgan fingerprint density at radius 2 is 0.817 bits per heavy atom. The van der Waals surface area contributed by atoms with E-state index < -0.39 is 52.5 Å². The fourth-order valence-corrected chi connectivity index (χ4v) is 15.3. The Bertz CT molecular complexity index is 5300. The number of rotatable bonds is 13. The molecule has 142 heavy (non-hydrogen) atoms. The van der Waals surface area contributed by atoms with Gasteiger partial charge in [-0.2, -0.15) is 0 Å². The van der Waals surface area contributed by atoms with Gasteiger partial charge in [0.2, 0.25) is 11.8 Å². The number of hydrogen-bond donors (Lipinski definition) is 8. The van der Waals surface area contributed by atoms with Crippen molar-refractivity contribution in [2.24, 2.45) is 10.8 Å². The van der Waals surface area contributed by atoms with Crippen LogP contribution in [-0.2, 0) is 38.0 Å². The molecule has 0 atom stereocenters. The SMILES string of the molecule is BrCCCBr.CC(C)(C)OC(=O)OC(=O)OC(C)(C)C.Cc1cc(I)cc(C)c1NC(=O)CC(C)(C)C.Cc1ccc(N)c(O)c1.Cc1ccc(NC(=O)OC(C)(C)C)c(O)c1.Cc1ccc(NC(=O)OC(C)(C)C)c(OCCCBr)c1.Cc1ccc2c(c1)OCCCN2.Cc1ccc2c(c1)OCCCN2C(=O)OC(C)(C)C.Cc1ccc2c(c1)OCCCN2c1cc(C)c(NC(=O)CC(C)(C)C)c(C)c1.[H-].[Na+]. The predicted octanol–water partition coefficient (Wildman–Crippen LogP) is 26.9. The summed E-state index contributed by atoms with van der Waals surface area (Å²) in [4.78, 5) is 85.8. The number of benzene rings is 8. The van der Waals surface area contributed by atoms with Gasteiger partial charge in [-0.3, -0.25) is 25.1 Å². The van der Waals surface area contributed by atoms with Gasteiger partial charge in [-0.25, -0.2) is 24.0 Å². The Balaban J connectivity index is 0.000000823. The summed E-state index contributed by atoms with van der Waals surface area (Å²) in [6.45, 7) is 64.3. The summed E-state index contributed by atoms with van der Waals surface area (Å²) < 4.78 is 53.7. The number of phenolic OH excluding ortho intramolecular Hbond substituents is 2. The predicted molar refractivity (Wildman–Crippen MR) is 595 cm³/mol. The number of nitrogens with zero attached hydrogens (tertiary/aromatic N) is 2. The molecule has 0 spiro atoms. The van der Waals surface area contributed by atoms with Crippen LogP contribution in [0, 0.1) is 83.6 Å². The first-order valence-corrected chi connectivity index (χ1v) is 51.8. The second kappa shape index (κ2) is 61.2. The van der Waals surface area contributed by atoms with Crippen molar-refractivity contribution in [1.29, 1.82) is 0 Å². The molecule has 27 nitrogen and oxygen atoms in total. The second-order valence-electron chi connectivity index (χ2n) is 41.7. The average molecular weight is 2290 g/mol. The Morgan fingerprint density at radius 1 is 0.437 bits per heavy atom. The van der Waals surface area contributed by atoms with Gasteiger partial charge in [0.1, 0.15) is 62.5 Å². The van der Waals surface area contributed by atoms with E-state index in [4.69, 9.17) is 53.5 Å². The quantitative estimate of drug-likeness (QED) is 0.00612. The van der Waals surface area contributed by atoms with Crippen molar-refractivity contribution < 1.29 is 122 Å². The van der Waals surface area contributed by atoms with E-state index in [1.807, 2.05) is 126 Å². The van der Waals surface area contributed by atoms with Gasteiger partial charge in [0, 0.05) is 69.1 Å². The van der Waals surface area contributed by atoms with Crippen LogP contribution in [0.2, 0.25) is 0 Å². The fraction of sp³-hybridized carbons (Fsp3) is 0.500. The first-order valence-electron chi connectivity index (χ1n) is 47.4. The zero-order valence-electron chi connectivity index (χ0n) is 91.0. The number of aryl methyl sites for hydroxylation is 10. The van der Waals surface area contributed by atoms with E-state index in [0.29, 0.717) is 55.4 Å². The minimum Gasteiger partial charge on any atom is -1.00 e. The molecule has 32 heteroatoms. The Labute approximate surface area is 908 Å². The fourth-order valence-electron chi connectivity index (χ4n) is 12.8. The van der Waals surface area contributed by atoms with Crippen LogP contribution >= 0.6 is 70.4 Å². The van der Waals surface area contributed by atoms with Crippen LogP contribution in [0.15, 0.2) is 133 Å². The van der Waals surface area contributed by atoms with Crippen LogP contribution in [0.3, 0.4) is 0 Å². The third-order valence-corrected chi connectivity index (χ3v) is 21.1. The minimum atomic E-state index is -1.06. The summed E-state index contributed by atoms with van der Waals surface area (Å²) in [5.41, 5.74) is 20.8. The van der Waals surface area contributed by atoms with Gasteiger partial charge in [0.15, 0.2) is 0 Å². The van der Waals surface area contributed by atoms with E-state index in [-0.39, 0.29) is 71.2 Å². The molecule has 0 saturated heterocycles. The van der Waals surface area contributed by atoms with E-state index in [2.05, 4.69) is 237 Å². The number of aromatic hydroxyl groups is 2. The number of anilines is 9. The van der Waals surface area contributed by atoms with Gasteiger partial charge in [-0.15, -0.1) is 0 Å². The number of alkyl halides is 3. The molecule has 5 amide bonds. The zero-order chi connectivity index (χ0) is 107. The van der Waals surface area contributed by atoms with E-state index in [0.717, 1.165) is 164 Å². The maximum Gasteiger partial charge on any atom is 1.00 e. The number of ether oxygens (including phenoxy) is 10. The number of halogens is 4. The molecule has 3 heterocycles. The van der Waals surface area contributed by atoms with Crippen molar-refractivity contribution in [3.63, 3.8) is 0 Å². The molecule has 11 rings (SSSR count). The number of carbonyl (C=O) groups excluding carboxylic acids is 7. The number of phenols is 2. The number of fused-ring (bicyclic) bond motifs is 3. The van der Waals surface area contributed by atoms with E-state index in [1.54, 1.807) is 97.5 Å². The molecule has 0 aromatic heterocycles. The topological polar surface area (TPSA) is 345 Å². The monoisotopic (exact) mass is 2280 g/mol. The Morgan fingerprint density at radius 3 is 1.25 bits per heavy atom. The summed E-state index contributed by atoms with van der Waals surface area (Å²) >= 11 is 12.2. The van der Waals surface area contributed by atoms with Gasteiger partial charge in [0.05, 0.1) is 60.6 Å². The molecule has 0 saturated carbocycles. The van der Waals surface area contributed by atoms with Crippen LogP contribution in [-0.4, -0.2) is 143 Å². The maximum absolute atomic E-state index is 12.4. The van der Waals surface area contributed by atoms with Gasteiger partial charge in [-0.1, -0.05) is 126 Å². The first kappa shape index (κ1) is 129. The molecular weight excluding hydrogens is 2130 g/mol. The van der Waals surface area contributed by atoms with Gasteiger partial charge in [0.25, 0.3) is 0 Å². The molecule has 3 aliphatic heterocycles. The molecule has 0 bridgehead atoms. The van der Waals surface area contributed by atoms with Crippen molar-refractivity contribution in [3.8, 4) is 34.5 Å². The molecule has 3 aliphatic rings. The molecule has 9 N–H and O–H groups in total. The number of nitrogens with one attached hydrogen (secondary N) is 5. The van der Waals surface area contributed by atoms with Crippen LogP contribution in [0.25, 0.3) is 0 Å². The standard InChI is InChI=1S/C24H32N2O2.C15H22BrNO3.C15H21NO3.C14H20INO.C12H17NO3.C10H13NO.C10H18O5.C7H9NO.C3H6Br2.Na.H/c1-16-8-9-20-21(12-16)28-11-7-10-26(20)19-13-17(2)23(18(3)14-19)25-22(27)15-24(4,5)6;1-11-6-7-12(13(10-11)19-9-5-8-16)17-14(18)20-15(2,3)4;1-11-6-7-12-13(10-11)18-9-5-8-16(12)14(17)19-15(2,3)4;1-9-6-11(15)7-10(2)13(9)16-12(17)8-14(3,4)5;1-8-5-6-9(10(14)7-8)13-11(15)16-12(2,3)4;1-8-3-4-9-10(7-8)12-6-2-5-11-9;1-9(2,3)14-7(11)13-8(12)15-10(4,5)6;1-5-2-3-6(8)7(9)4-5;4-2-1-3-5;;/h8-9,12-14H,7,10-11,15H2,1-6H3,(H,25,27);6-7,10H,5,8-9H2,1-4H3,(H,17,18);6-7,10H,5,8-9H2,1-4H3;6-7H,8H2,1-5H3,(H,16,17);5-7,14H,1-4H3,(H,13,15);3-4,7,11H,2,5-6H2,1H3;1-6H3;2-4,9H,8H2,1H3;1-3H2;;/q;;;;;;;;;+1;-1. The Kier molecular flexibility index (Phi) is 55.4. The summed E-state index contributed by atoms with van der Waals surface area (Å²) in [6, 6.07) is 42.8. The van der Waals surface area contributed by atoms with Crippen LogP contribution < -0.4 is 90.6 Å². The van der Waals surface area contributed by atoms with Gasteiger partial charge in [-0.05, 0) is 391 Å². The van der Waals surface area contributed by atoms with E-state index in [1.165, 1.54) is 21.1 Å². The minimum absolute atomic E-state index is 0. The molecule has 782 valence electrons. The van der Waals surface area contributed by atoms with Crippen molar-refractivity contribution in [3.05, 3.63) is 193 Å². The van der Waals surface area contributed by atoms with Crippen molar-refractivity contribution in [2.45, 2.75) is 288 Å².